The standard InChI is InChI=1S/C36H49N5O6S/c1-36(2,3)47-35(43)25-12-14-30-31(22-25)41-23-27(34(42)38-16-17-39(4)18-19-40(5)48(37,44)45)20-26-21-28(46-6)13-15-29(26)33(41)32(30)24-10-8-7-9-11-24/h12-15,20-22,24H,7-11,16-19,23H2,1-6H3,(H,38,42)(H2,37,44,45). The van der Waals surface area contributed by atoms with Gasteiger partial charge in [0.2, 0.25) is 5.91 Å². The highest BCUT2D eigenvalue weighted by Crippen LogP contribution is 2.47. The molecule has 1 amide bonds. The number of nitrogens with zero attached hydrogens (tertiary/aromatic N) is 3. The molecule has 2 aromatic carbocycles. The molecule has 1 fully saturated rings. The first-order valence-corrected chi connectivity index (χ1v) is 18.2. The smallest absolute Gasteiger partial charge is 0.338 e. The average Bonchev–Trinajstić information content (AvgIpc) is 3.24. The van der Waals surface area contributed by atoms with E-state index in [0.717, 1.165) is 44.9 Å². The number of fused-ring (bicyclic) bond motifs is 5. The Kier molecular flexibility index (Phi) is 10.7. The number of likely N-dealkylation sites (N-methyl/N-ethyl adjacent to an activating group) is 2. The third kappa shape index (κ3) is 8.11. The molecule has 0 unspecified atom stereocenters. The minimum absolute atomic E-state index is 0.198. The lowest BCUT2D eigenvalue weighted by atomic mass is 9.81. The van der Waals surface area contributed by atoms with Gasteiger partial charge in [0.1, 0.15) is 11.4 Å². The normalized spacial score (nSPS) is 15.6. The van der Waals surface area contributed by atoms with E-state index >= 15 is 0 Å². The first-order chi connectivity index (χ1) is 22.7. The highest BCUT2D eigenvalue weighted by atomic mass is 32.2. The van der Waals surface area contributed by atoms with Crippen molar-refractivity contribution in [2.24, 2.45) is 5.14 Å². The van der Waals surface area contributed by atoms with E-state index in [1.165, 1.54) is 31.9 Å². The molecule has 1 aliphatic carbocycles. The molecule has 2 heterocycles. The number of amides is 1. The van der Waals surface area contributed by atoms with E-state index in [9.17, 15) is 18.0 Å². The Labute approximate surface area is 284 Å². The van der Waals surface area contributed by atoms with Gasteiger partial charge in [-0.3, -0.25) is 4.79 Å². The number of methoxy groups -OCH3 is 1. The van der Waals surface area contributed by atoms with Gasteiger partial charge in [-0.05, 0) is 94.1 Å². The Morgan fingerprint density at radius 1 is 1.02 bits per heavy atom. The maximum absolute atomic E-state index is 13.9. The molecule has 260 valence electrons. The fraction of sp³-hybridized carbons (Fsp3) is 0.500. The van der Waals surface area contributed by atoms with Crippen LogP contribution in [-0.4, -0.2) is 87.1 Å². The number of benzene rings is 2. The Bertz CT molecular complexity index is 1820. The van der Waals surface area contributed by atoms with Crippen LogP contribution in [0.1, 0.15) is 80.3 Å². The van der Waals surface area contributed by atoms with Crippen LogP contribution in [0, 0.1) is 0 Å². The predicted octanol–water partition coefficient (Wildman–Crippen LogP) is 4.90. The molecule has 0 spiro atoms. The zero-order valence-corrected chi connectivity index (χ0v) is 29.8. The summed E-state index contributed by atoms with van der Waals surface area (Å²) in [6, 6.07) is 11.8. The van der Waals surface area contributed by atoms with Gasteiger partial charge in [-0.1, -0.05) is 25.3 Å². The molecule has 0 saturated heterocycles. The molecule has 1 saturated carbocycles. The lowest BCUT2D eigenvalue weighted by Gasteiger charge is -2.24. The minimum atomic E-state index is -3.75. The molecule has 3 N–H and O–H groups in total. The largest absolute Gasteiger partial charge is 0.497 e. The van der Waals surface area contributed by atoms with Crippen molar-refractivity contribution in [2.75, 3.05) is 47.4 Å². The summed E-state index contributed by atoms with van der Waals surface area (Å²) in [5, 5.41) is 9.36. The van der Waals surface area contributed by atoms with Gasteiger partial charge < -0.3 is 24.3 Å². The van der Waals surface area contributed by atoms with Crippen molar-refractivity contribution in [2.45, 2.75) is 70.9 Å². The number of hydrogen-bond donors (Lipinski definition) is 2. The number of hydrogen-bond acceptors (Lipinski definition) is 7. The van der Waals surface area contributed by atoms with Crippen LogP contribution in [0.25, 0.3) is 28.2 Å². The van der Waals surface area contributed by atoms with Crippen LogP contribution in [0.2, 0.25) is 0 Å². The van der Waals surface area contributed by atoms with Gasteiger partial charge in [0.05, 0.1) is 24.9 Å². The molecule has 12 heteroatoms. The SMILES string of the molecule is COc1ccc2c(c1)C=C(C(=O)NCCN(C)CCN(C)S(N)(=O)=O)Cn1c-2c(C2CCCCC2)c2ccc(C(=O)OC(C)(C)C)cc21. The number of aromatic nitrogens is 1. The van der Waals surface area contributed by atoms with Gasteiger partial charge in [-0.15, -0.1) is 0 Å². The minimum Gasteiger partial charge on any atom is -0.497 e. The summed E-state index contributed by atoms with van der Waals surface area (Å²) in [4.78, 5) is 29.0. The number of carbonyl (C=O) groups excluding carboxylic acids is 2. The van der Waals surface area contributed by atoms with Crippen molar-refractivity contribution in [1.82, 2.24) is 19.1 Å². The monoisotopic (exact) mass is 679 g/mol. The van der Waals surface area contributed by atoms with Crippen molar-refractivity contribution in [3.05, 3.63) is 58.7 Å². The highest BCUT2D eigenvalue weighted by Gasteiger charge is 2.31. The molecule has 11 nitrogen and oxygen atoms in total. The number of nitrogens with one attached hydrogen (secondary N) is 1. The van der Waals surface area contributed by atoms with Crippen molar-refractivity contribution in [3.8, 4) is 17.0 Å². The molecule has 0 atom stereocenters. The van der Waals surface area contributed by atoms with Crippen molar-refractivity contribution < 1.29 is 27.5 Å². The fourth-order valence-corrected chi connectivity index (χ4v) is 7.00. The topological polar surface area (TPSA) is 136 Å². The number of nitrogens with two attached hydrogens (primary N) is 1. The number of ether oxygens (including phenoxy) is 2. The van der Waals surface area contributed by atoms with Gasteiger partial charge >= 0.3 is 5.97 Å². The number of esters is 1. The Hall–Kier alpha value is -3.71. The number of carbonyl (C=O) groups is 2. The second kappa shape index (κ2) is 14.4. The molecule has 1 aliphatic heterocycles. The summed E-state index contributed by atoms with van der Waals surface area (Å²) in [5.41, 5.74) is 5.58. The fourth-order valence-electron chi connectivity index (χ4n) is 6.67. The summed E-state index contributed by atoms with van der Waals surface area (Å²) in [7, 11) is 1.19. The third-order valence-corrected chi connectivity index (χ3v) is 10.3. The maximum Gasteiger partial charge on any atom is 0.338 e. The Morgan fingerprint density at radius 2 is 1.75 bits per heavy atom. The average molecular weight is 680 g/mol. The molecule has 3 aromatic rings. The van der Waals surface area contributed by atoms with E-state index in [1.807, 2.05) is 63.1 Å². The molecule has 48 heavy (non-hydrogen) atoms. The highest BCUT2D eigenvalue weighted by molar-refractivity contribution is 7.86. The lowest BCUT2D eigenvalue weighted by Crippen LogP contribution is -2.40. The van der Waals surface area contributed by atoms with E-state index in [1.54, 1.807) is 7.11 Å². The molecular weight excluding hydrogens is 630 g/mol. The van der Waals surface area contributed by atoms with Crippen LogP contribution in [-0.2, 0) is 26.3 Å². The van der Waals surface area contributed by atoms with Crippen molar-refractivity contribution in [3.63, 3.8) is 0 Å². The van der Waals surface area contributed by atoms with Crippen molar-refractivity contribution >= 4 is 39.1 Å². The van der Waals surface area contributed by atoms with Gasteiger partial charge in [0, 0.05) is 55.3 Å². The second-order valence-corrected chi connectivity index (χ2v) is 15.6. The Balaban J connectivity index is 1.52. The van der Waals surface area contributed by atoms with Gasteiger partial charge in [-0.2, -0.15) is 12.7 Å². The first-order valence-electron chi connectivity index (χ1n) is 16.7. The molecule has 0 radical (unpaired) electrons. The summed E-state index contributed by atoms with van der Waals surface area (Å²) in [5.74, 6) is 0.479. The first kappa shape index (κ1) is 35.6. The molecule has 2 aliphatic rings. The summed E-state index contributed by atoms with van der Waals surface area (Å²) in [6.45, 7) is 7.47. The maximum atomic E-state index is 13.9. The molecule has 5 rings (SSSR count). The quantitative estimate of drug-likeness (QED) is 0.275. The third-order valence-electron chi connectivity index (χ3n) is 9.23. The predicted molar refractivity (Wildman–Crippen MR) is 189 cm³/mol. The van der Waals surface area contributed by atoms with Crippen LogP contribution in [0.5, 0.6) is 5.75 Å². The lowest BCUT2D eigenvalue weighted by molar-refractivity contribution is -0.117. The van der Waals surface area contributed by atoms with Crippen molar-refractivity contribution in [1.29, 1.82) is 0 Å². The van der Waals surface area contributed by atoms with E-state index in [-0.39, 0.29) is 18.4 Å². The van der Waals surface area contributed by atoms with E-state index in [2.05, 4.69) is 22.0 Å². The van der Waals surface area contributed by atoms with E-state index in [0.29, 0.717) is 49.0 Å². The molecule has 1 aromatic heterocycles. The molecular formula is C36H49N5O6S. The zero-order chi connectivity index (χ0) is 34.8. The molecule has 0 bridgehead atoms. The van der Waals surface area contributed by atoms with Crippen LogP contribution in [0.3, 0.4) is 0 Å². The summed E-state index contributed by atoms with van der Waals surface area (Å²) >= 11 is 0. The Morgan fingerprint density at radius 3 is 2.42 bits per heavy atom. The number of rotatable bonds is 11. The van der Waals surface area contributed by atoms with E-state index < -0.39 is 15.8 Å². The van der Waals surface area contributed by atoms with Crippen LogP contribution < -0.4 is 15.2 Å². The summed E-state index contributed by atoms with van der Waals surface area (Å²) < 4.78 is 37.7. The van der Waals surface area contributed by atoms with Crippen LogP contribution in [0.4, 0.5) is 0 Å². The van der Waals surface area contributed by atoms with Crippen LogP contribution in [0.15, 0.2) is 42.0 Å². The summed E-state index contributed by atoms with van der Waals surface area (Å²) in [6.07, 6.45) is 7.69. The second-order valence-electron chi connectivity index (χ2n) is 14.0. The van der Waals surface area contributed by atoms with Gasteiger partial charge in [0.25, 0.3) is 10.2 Å². The van der Waals surface area contributed by atoms with Gasteiger partial charge in [0.15, 0.2) is 0 Å². The van der Waals surface area contributed by atoms with Crippen LogP contribution >= 0.6 is 0 Å². The zero-order valence-electron chi connectivity index (χ0n) is 29.0. The van der Waals surface area contributed by atoms with Gasteiger partial charge in [-0.25, -0.2) is 9.93 Å². The van der Waals surface area contributed by atoms with E-state index in [4.69, 9.17) is 14.6 Å².